The molecular weight excluding hydrogens is 219 g/mol. The van der Waals surface area contributed by atoms with Gasteiger partial charge in [-0.05, 0) is 5.41 Å². The summed E-state index contributed by atoms with van der Waals surface area (Å²) < 4.78 is 0. The largest absolute Gasteiger partial charge is 0.240 e. The predicted octanol–water partition coefficient (Wildman–Crippen LogP) is 3.33. The molecule has 0 radical (unpaired) electrons. The van der Waals surface area contributed by atoms with Gasteiger partial charge in [-0.2, -0.15) is 0 Å². The second-order valence-electron chi connectivity index (χ2n) is 4.36. The van der Waals surface area contributed by atoms with Crippen LogP contribution in [0.4, 0.5) is 0 Å². The van der Waals surface area contributed by atoms with Crippen molar-refractivity contribution in [2.45, 2.75) is 32.6 Å². The van der Waals surface area contributed by atoms with Crippen molar-refractivity contribution < 1.29 is 0 Å². The van der Waals surface area contributed by atoms with Crippen molar-refractivity contribution in [2.75, 3.05) is 0 Å². The Bertz CT molecular complexity index is 290. The molecule has 2 nitrogen and oxygen atoms in total. The van der Waals surface area contributed by atoms with Gasteiger partial charge in [-0.15, -0.1) is 11.6 Å². The molecule has 0 spiro atoms. The van der Waals surface area contributed by atoms with Gasteiger partial charge in [0.1, 0.15) is 5.82 Å². The highest BCUT2D eigenvalue weighted by molar-refractivity contribution is 6.30. The van der Waals surface area contributed by atoms with E-state index in [1.807, 2.05) is 0 Å². The minimum absolute atomic E-state index is 0.0312. The van der Waals surface area contributed by atoms with Crippen LogP contribution in [0.1, 0.15) is 26.6 Å². The third kappa shape index (κ3) is 3.43. The van der Waals surface area contributed by atoms with Crippen LogP contribution < -0.4 is 0 Å². The maximum Gasteiger partial charge on any atom is 0.129 e. The first-order chi connectivity index (χ1) is 6.39. The van der Waals surface area contributed by atoms with E-state index in [1.54, 1.807) is 12.4 Å². The molecule has 0 aliphatic heterocycles. The summed E-state index contributed by atoms with van der Waals surface area (Å²) in [5, 5.41) is 0.583. The van der Waals surface area contributed by atoms with E-state index in [2.05, 4.69) is 30.7 Å². The van der Waals surface area contributed by atoms with Crippen molar-refractivity contribution in [3.8, 4) is 0 Å². The number of hydrogen-bond donors (Lipinski definition) is 0. The van der Waals surface area contributed by atoms with Crippen LogP contribution in [0, 0.1) is 5.41 Å². The molecule has 0 aliphatic rings. The van der Waals surface area contributed by atoms with Crippen molar-refractivity contribution in [3.63, 3.8) is 0 Å². The van der Waals surface area contributed by atoms with Crippen molar-refractivity contribution >= 4 is 23.2 Å². The smallest absolute Gasteiger partial charge is 0.129 e. The summed E-state index contributed by atoms with van der Waals surface area (Å²) in [4.78, 5) is 8.21. The van der Waals surface area contributed by atoms with Gasteiger partial charge in [0.25, 0.3) is 0 Å². The SMILES string of the molecule is CC(C)(C)C(Cl)Cc1ncc(Cl)cn1. The first kappa shape index (κ1) is 11.7. The topological polar surface area (TPSA) is 25.8 Å². The number of halogens is 2. The van der Waals surface area contributed by atoms with E-state index < -0.39 is 0 Å². The second-order valence-corrected chi connectivity index (χ2v) is 5.32. The van der Waals surface area contributed by atoms with E-state index in [0.29, 0.717) is 11.4 Å². The maximum absolute atomic E-state index is 6.22. The third-order valence-electron chi connectivity index (χ3n) is 1.98. The van der Waals surface area contributed by atoms with Crippen LogP contribution in [0.2, 0.25) is 5.02 Å². The lowest BCUT2D eigenvalue weighted by atomic mass is 9.90. The van der Waals surface area contributed by atoms with Gasteiger partial charge in [-0.25, -0.2) is 9.97 Å². The Morgan fingerprint density at radius 1 is 1.29 bits per heavy atom. The van der Waals surface area contributed by atoms with E-state index in [0.717, 1.165) is 5.82 Å². The summed E-state index contributed by atoms with van der Waals surface area (Å²) in [6.45, 7) is 6.29. The van der Waals surface area contributed by atoms with Gasteiger partial charge in [-0.3, -0.25) is 0 Å². The van der Waals surface area contributed by atoms with Crippen molar-refractivity contribution in [1.29, 1.82) is 0 Å². The molecule has 1 unspecified atom stereocenters. The zero-order chi connectivity index (χ0) is 10.8. The Hall–Kier alpha value is -0.340. The molecule has 0 aromatic carbocycles. The molecule has 4 heteroatoms. The van der Waals surface area contributed by atoms with E-state index >= 15 is 0 Å². The molecule has 0 saturated carbocycles. The number of aromatic nitrogens is 2. The third-order valence-corrected chi connectivity index (χ3v) is 2.98. The highest BCUT2D eigenvalue weighted by Gasteiger charge is 2.23. The van der Waals surface area contributed by atoms with Gasteiger partial charge in [0, 0.05) is 24.2 Å². The standard InChI is InChI=1S/C10H14Cl2N2/c1-10(2,3)8(12)4-9-13-5-7(11)6-14-9/h5-6,8H,4H2,1-3H3. The average molecular weight is 233 g/mol. The molecule has 1 aromatic rings. The van der Waals surface area contributed by atoms with Gasteiger partial charge in [0.2, 0.25) is 0 Å². The summed E-state index contributed by atoms with van der Waals surface area (Å²) >= 11 is 11.9. The number of rotatable bonds is 2. The zero-order valence-electron chi connectivity index (χ0n) is 8.59. The summed E-state index contributed by atoms with van der Waals surface area (Å²) in [6, 6.07) is 0. The molecule has 0 amide bonds. The second kappa shape index (κ2) is 4.45. The minimum atomic E-state index is 0.0312. The monoisotopic (exact) mass is 232 g/mol. The van der Waals surface area contributed by atoms with Gasteiger partial charge < -0.3 is 0 Å². The fraction of sp³-hybridized carbons (Fsp3) is 0.600. The van der Waals surface area contributed by atoms with Gasteiger partial charge in [-0.1, -0.05) is 32.4 Å². The van der Waals surface area contributed by atoms with Crippen LogP contribution in [0.25, 0.3) is 0 Å². The minimum Gasteiger partial charge on any atom is -0.240 e. The quantitative estimate of drug-likeness (QED) is 0.732. The summed E-state index contributed by atoms with van der Waals surface area (Å²) in [5.74, 6) is 0.740. The highest BCUT2D eigenvalue weighted by Crippen LogP contribution is 2.26. The molecule has 1 rings (SSSR count). The molecule has 0 fully saturated rings. The normalized spacial score (nSPS) is 14.1. The van der Waals surface area contributed by atoms with E-state index in [4.69, 9.17) is 23.2 Å². The summed E-state index contributed by atoms with van der Waals surface area (Å²) in [7, 11) is 0. The molecule has 1 atom stereocenters. The van der Waals surface area contributed by atoms with Crippen LogP contribution in [-0.4, -0.2) is 15.3 Å². The lowest BCUT2D eigenvalue weighted by molar-refractivity contribution is 0.382. The summed E-state index contributed by atoms with van der Waals surface area (Å²) in [5.41, 5.74) is 0.0601. The first-order valence-electron chi connectivity index (χ1n) is 4.50. The highest BCUT2D eigenvalue weighted by atomic mass is 35.5. The molecule has 0 N–H and O–H groups in total. The maximum atomic E-state index is 6.22. The predicted molar refractivity (Wildman–Crippen MR) is 59.8 cm³/mol. The van der Waals surface area contributed by atoms with E-state index in [1.165, 1.54) is 0 Å². The molecular formula is C10H14Cl2N2. The van der Waals surface area contributed by atoms with E-state index in [-0.39, 0.29) is 10.8 Å². The number of hydrogen-bond acceptors (Lipinski definition) is 2. The fourth-order valence-corrected chi connectivity index (χ4v) is 1.15. The van der Waals surface area contributed by atoms with Crippen LogP contribution in [0.3, 0.4) is 0 Å². The molecule has 14 heavy (non-hydrogen) atoms. The average Bonchev–Trinajstić information content (AvgIpc) is 2.07. The molecule has 1 heterocycles. The Balaban J connectivity index is 2.65. The van der Waals surface area contributed by atoms with Crippen LogP contribution in [-0.2, 0) is 6.42 Å². The molecule has 0 bridgehead atoms. The molecule has 0 aliphatic carbocycles. The Morgan fingerprint density at radius 3 is 2.21 bits per heavy atom. The van der Waals surface area contributed by atoms with Crippen molar-refractivity contribution in [3.05, 3.63) is 23.2 Å². The zero-order valence-corrected chi connectivity index (χ0v) is 10.1. The van der Waals surface area contributed by atoms with Crippen molar-refractivity contribution in [2.24, 2.45) is 5.41 Å². The Labute approximate surface area is 94.7 Å². The Kier molecular flexibility index (Phi) is 3.73. The first-order valence-corrected chi connectivity index (χ1v) is 5.31. The lowest BCUT2D eigenvalue weighted by Crippen LogP contribution is -2.23. The van der Waals surface area contributed by atoms with Gasteiger partial charge in [0.05, 0.1) is 5.02 Å². The molecule has 78 valence electrons. The van der Waals surface area contributed by atoms with E-state index in [9.17, 15) is 0 Å². The lowest BCUT2D eigenvalue weighted by Gasteiger charge is -2.24. The summed E-state index contributed by atoms with van der Waals surface area (Å²) in [6.07, 6.45) is 3.86. The molecule has 1 aromatic heterocycles. The Morgan fingerprint density at radius 2 is 1.79 bits per heavy atom. The fourth-order valence-electron chi connectivity index (χ4n) is 0.911. The van der Waals surface area contributed by atoms with Crippen LogP contribution >= 0.6 is 23.2 Å². The van der Waals surface area contributed by atoms with Crippen molar-refractivity contribution in [1.82, 2.24) is 9.97 Å². The molecule has 0 saturated heterocycles. The van der Waals surface area contributed by atoms with Crippen LogP contribution in [0.5, 0.6) is 0 Å². The van der Waals surface area contributed by atoms with Gasteiger partial charge >= 0.3 is 0 Å². The number of alkyl halides is 1. The number of nitrogens with zero attached hydrogens (tertiary/aromatic N) is 2. The van der Waals surface area contributed by atoms with Gasteiger partial charge in [0.15, 0.2) is 0 Å². The van der Waals surface area contributed by atoms with Crippen LogP contribution in [0.15, 0.2) is 12.4 Å².